The Kier molecular flexibility index (Phi) is 3.61. The second-order valence-corrected chi connectivity index (χ2v) is 6.74. The Labute approximate surface area is 106 Å². The molecule has 1 aliphatic carbocycles. The lowest BCUT2D eigenvalue weighted by Gasteiger charge is -2.29. The maximum absolute atomic E-state index is 2.42. The standard InChI is InChI=1S/C17H26/c1-13-7-5-6-8-16(13)14-9-11-15(12-10-14)17(2,3)4/h9-13,16H,5-8H2,1-4H3/t13-,16+/m0/s1. The normalized spacial score (nSPS) is 25.9. The average molecular weight is 230 g/mol. The van der Waals surface area contributed by atoms with E-state index in [0.29, 0.717) is 0 Å². The molecule has 2 atom stereocenters. The molecule has 0 N–H and O–H groups in total. The van der Waals surface area contributed by atoms with E-state index in [-0.39, 0.29) is 5.41 Å². The first-order valence-electron chi connectivity index (χ1n) is 7.09. The van der Waals surface area contributed by atoms with Crippen LogP contribution in [-0.2, 0) is 5.41 Å². The molecule has 1 aliphatic rings. The van der Waals surface area contributed by atoms with Crippen LogP contribution in [0.5, 0.6) is 0 Å². The molecule has 94 valence electrons. The summed E-state index contributed by atoms with van der Waals surface area (Å²) >= 11 is 0. The van der Waals surface area contributed by atoms with Gasteiger partial charge >= 0.3 is 0 Å². The molecule has 0 saturated heterocycles. The Morgan fingerprint density at radius 1 is 0.941 bits per heavy atom. The Morgan fingerprint density at radius 2 is 1.53 bits per heavy atom. The highest BCUT2D eigenvalue weighted by Gasteiger charge is 2.23. The predicted octanol–water partition coefficient (Wildman–Crippen LogP) is 5.28. The molecule has 0 spiro atoms. The zero-order valence-corrected chi connectivity index (χ0v) is 11.8. The second kappa shape index (κ2) is 4.84. The SMILES string of the molecule is C[C@H]1CCCC[C@H]1c1ccc(C(C)(C)C)cc1. The van der Waals surface area contributed by atoms with Crippen LogP contribution in [0.3, 0.4) is 0 Å². The summed E-state index contributed by atoms with van der Waals surface area (Å²) in [5.41, 5.74) is 3.28. The van der Waals surface area contributed by atoms with E-state index in [9.17, 15) is 0 Å². The molecule has 0 heterocycles. The molecule has 0 bridgehead atoms. The lowest BCUT2D eigenvalue weighted by atomic mass is 9.76. The maximum Gasteiger partial charge on any atom is -0.0132 e. The molecule has 0 heteroatoms. The van der Waals surface area contributed by atoms with Crippen molar-refractivity contribution < 1.29 is 0 Å². The van der Waals surface area contributed by atoms with Crippen molar-refractivity contribution >= 4 is 0 Å². The summed E-state index contributed by atoms with van der Waals surface area (Å²) in [6.07, 6.45) is 5.63. The smallest absolute Gasteiger partial charge is 0.0132 e. The highest BCUT2D eigenvalue weighted by molar-refractivity contribution is 5.30. The van der Waals surface area contributed by atoms with E-state index in [0.717, 1.165) is 11.8 Å². The third-order valence-corrected chi connectivity index (χ3v) is 4.32. The van der Waals surface area contributed by atoms with E-state index in [4.69, 9.17) is 0 Å². The van der Waals surface area contributed by atoms with Crippen LogP contribution in [0.15, 0.2) is 24.3 Å². The highest BCUT2D eigenvalue weighted by Crippen LogP contribution is 2.37. The minimum atomic E-state index is 0.275. The van der Waals surface area contributed by atoms with Crippen LogP contribution in [0, 0.1) is 5.92 Å². The van der Waals surface area contributed by atoms with Crippen molar-refractivity contribution in [2.45, 2.75) is 64.7 Å². The molecule has 1 aromatic rings. The van der Waals surface area contributed by atoms with Gasteiger partial charge in [-0.3, -0.25) is 0 Å². The van der Waals surface area contributed by atoms with Crippen LogP contribution in [0.2, 0.25) is 0 Å². The fourth-order valence-electron chi connectivity index (χ4n) is 3.04. The van der Waals surface area contributed by atoms with Crippen LogP contribution in [0.25, 0.3) is 0 Å². The zero-order chi connectivity index (χ0) is 12.5. The molecule has 2 rings (SSSR count). The number of hydrogen-bond donors (Lipinski definition) is 0. The minimum Gasteiger partial charge on any atom is -0.0619 e. The van der Waals surface area contributed by atoms with Crippen LogP contribution in [-0.4, -0.2) is 0 Å². The van der Waals surface area contributed by atoms with Gasteiger partial charge in [-0.1, -0.05) is 71.2 Å². The zero-order valence-electron chi connectivity index (χ0n) is 11.8. The van der Waals surface area contributed by atoms with E-state index < -0.39 is 0 Å². The maximum atomic E-state index is 2.42. The molecule has 1 saturated carbocycles. The van der Waals surface area contributed by atoms with Crippen molar-refractivity contribution in [2.75, 3.05) is 0 Å². The molecule has 1 aromatic carbocycles. The molecule has 17 heavy (non-hydrogen) atoms. The van der Waals surface area contributed by atoms with E-state index in [1.165, 1.54) is 31.2 Å². The van der Waals surface area contributed by atoms with Crippen LogP contribution < -0.4 is 0 Å². The van der Waals surface area contributed by atoms with Crippen molar-refractivity contribution in [3.05, 3.63) is 35.4 Å². The van der Waals surface area contributed by atoms with Crippen molar-refractivity contribution in [2.24, 2.45) is 5.92 Å². The quantitative estimate of drug-likeness (QED) is 0.616. The van der Waals surface area contributed by atoms with Gasteiger partial charge in [0.15, 0.2) is 0 Å². The van der Waals surface area contributed by atoms with Crippen LogP contribution in [0.1, 0.15) is 70.4 Å². The lowest BCUT2D eigenvalue weighted by molar-refractivity contribution is 0.330. The van der Waals surface area contributed by atoms with Crippen LogP contribution in [0.4, 0.5) is 0 Å². The molecule has 0 nitrogen and oxygen atoms in total. The predicted molar refractivity (Wildman–Crippen MR) is 75.5 cm³/mol. The van der Waals surface area contributed by atoms with Crippen molar-refractivity contribution in [1.29, 1.82) is 0 Å². The highest BCUT2D eigenvalue weighted by atomic mass is 14.3. The molecule has 0 unspecified atom stereocenters. The topological polar surface area (TPSA) is 0 Å². The fourth-order valence-corrected chi connectivity index (χ4v) is 3.04. The molecule has 0 aliphatic heterocycles. The third kappa shape index (κ3) is 2.91. The Morgan fingerprint density at radius 3 is 2.06 bits per heavy atom. The number of benzene rings is 1. The van der Waals surface area contributed by atoms with Gasteiger partial charge in [-0.15, -0.1) is 0 Å². The van der Waals surface area contributed by atoms with E-state index in [1.807, 2.05) is 0 Å². The molecule has 1 fully saturated rings. The minimum absolute atomic E-state index is 0.275. The molecule has 0 radical (unpaired) electrons. The first-order valence-corrected chi connectivity index (χ1v) is 7.09. The van der Waals surface area contributed by atoms with Gasteiger partial charge in [0, 0.05) is 0 Å². The summed E-state index contributed by atoms with van der Waals surface area (Å²) < 4.78 is 0. The summed E-state index contributed by atoms with van der Waals surface area (Å²) in [6, 6.07) is 9.40. The van der Waals surface area contributed by atoms with Crippen molar-refractivity contribution in [3.8, 4) is 0 Å². The van der Waals surface area contributed by atoms with Gasteiger partial charge in [0.1, 0.15) is 0 Å². The molecular weight excluding hydrogens is 204 g/mol. The lowest BCUT2D eigenvalue weighted by Crippen LogP contribution is -2.15. The van der Waals surface area contributed by atoms with E-state index in [1.54, 1.807) is 5.56 Å². The summed E-state index contributed by atoms with van der Waals surface area (Å²) in [5.74, 6) is 1.67. The second-order valence-electron chi connectivity index (χ2n) is 6.74. The van der Waals surface area contributed by atoms with Gasteiger partial charge in [-0.25, -0.2) is 0 Å². The summed E-state index contributed by atoms with van der Waals surface area (Å²) in [6.45, 7) is 9.27. The van der Waals surface area contributed by atoms with Crippen molar-refractivity contribution in [1.82, 2.24) is 0 Å². The Hall–Kier alpha value is -0.780. The monoisotopic (exact) mass is 230 g/mol. The number of rotatable bonds is 1. The van der Waals surface area contributed by atoms with Gasteiger partial charge in [0.05, 0.1) is 0 Å². The van der Waals surface area contributed by atoms with Gasteiger partial charge < -0.3 is 0 Å². The van der Waals surface area contributed by atoms with Gasteiger partial charge in [0.2, 0.25) is 0 Å². The van der Waals surface area contributed by atoms with Crippen molar-refractivity contribution in [3.63, 3.8) is 0 Å². The van der Waals surface area contributed by atoms with E-state index >= 15 is 0 Å². The fraction of sp³-hybridized carbons (Fsp3) is 0.647. The first kappa shape index (κ1) is 12.7. The van der Waals surface area contributed by atoms with E-state index in [2.05, 4.69) is 52.0 Å². The number of hydrogen-bond acceptors (Lipinski definition) is 0. The largest absolute Gasteiger partial charge is 0.0619 e. The Balaban J connectivity index is 2.17. The Bertz CT molecular complexity index is 353. The summed E-state index contributed by atoms with van der Waals surface area (Å²) in [4.78, 5) is 0. The van der Waals surface area contributed by atoms with Gasteiger partial charge in [-0.2, -0.15) is 0 Å². The first-order chi connectivity index (χ1) is 7.98. The summed E-state index contributed by atoms with van der Waals surface area (Å²) in [7, 11) is 0. The van der Waals surface area contributed by atoms with Gasteiger partial charge in [0.25, 0.3) is 0 Å². The van der Waals surface area contributed by atoms with Gasteiger partial charge in [-0.05, 0) is 34.8 Å². The molecular formula is C17H26. The molecule has 0 aromatic heterocycles. The third-order valence-electron chi connectivity index (χ3n) is 4.32. The van der Waals surface area contributed by atoms with Crippen LogP contribution >= 0.6 is 0 Å². The summed E-state index contributed by atoms with van der Waals surface area (Å²) in [5, 5.41) is 0. The average Bonchev–Trinajstić information content (AvgIpc) is 2.29. The molecule has 0 amide bonds.